The molecule has 1 nitrogen and oxygen atoms in total. The summed E-state index contributed by atoms with van der Waals surface area (Å²) in [6, 6.07) is 8.74. The quantitative estimate of drug-likeness (QED) is 0.572. The van der Waals surface area contributed by atoms with Crippen molar-refractivity contribution in [2.24, 2.45) is 0 Å². The Labute approximate surface area is 65.6 Å². The van der Waals surface area contributed by atoms with E-state index in [0.717, 1.165) is 0 Å². The van der Waals surface area contributed by atoms with E-state index in [1.807, 2.05) is 6.07 Å². The normalized spacial score (nSPS) is 8.10. The van der Waals surface area contributed by atoms with Crippen LogP contribution in [0.4, 0.5) is 0 Å². The molecule has 0 heterocycles. The van der Waals surface area contributed by atoms with E-state index in [2.05, 4.69) is 0 Å². The van der Waals surface area contributed by atoms with E-state index in [-0.39, 0.29) is 7.43 Å². The lowest BCUT2D eigenvalue weighted by Crippen LogP contribution is -1.84. The molecular weight excluding hydrogens is 148 g/mol. The van der Waals surface area contributed by atoms with Crippen LogP contribution in [0.15, 0.2) is 30.3 Å². The van der Waals surface area contributed by atoms with Crippen LogP contribution in [0.25, 0.3) is 0 Å². The van der Waals surface area contributed by atoms with Crippen LogP contribution in [0.3, 0.4) is 0 Å². The third-order valence-corrected chi connectivity index (χ3v) is 1.22. The van der Waals surface area contributed by atoms with Crippen molar-refractivity contribution < 1.29 is 4.79 Å². The van der Waals surface area contributed by atoms with E-state index in [9.17, 15) is 4.79 Å². The fraction of sp³-hybridized carbons (Fsp3) is 0.125. The summed E-state index contributed by atoms with van der Waals surface area (Å²) in [5.74, 6) is 0. The predicted octanol–water partition coefficient (Wildman–Crippen LogP) is 2.70. The summed E-state index contributed by atoms with van der Waals surface area (Å²) in [6.45, 7) is 0. The van der Waals surface area contributed by atoms with Crippen molar-refractivity contribution in [2.75, 3.05) is 0 Å². The van der Waals surface area contributed by atoms with Crippen LogP contribution in [-0.4, -0.2) is 5.24 Å². The highest BCUT2D eigenvalue weighted by molar-refractivity contribution is 6.67. The molecule has 0 N–H and O–H groups in total. The fourth-order valence-corrected chi connectivity index (χ4v) is 0.695. The summed E-state index contributed by atoms with van der Waals surface area (Å²) < 4.78 is 0. The van der Waals surface area contributed by atoms with Crippen LogP contribution in [0.5, 0.6) is 0 Å². The molecule has 0 atom stereocenters. The van der Waals surface area contributed by atoms with Crippen LogP contribution < -0.4 is 0 Å². The van der Waals surface area contributed by atoms with Crippen molar-refractivity contribution in [1.82, 2.24) is 0 Å². The molecule has 0 aliphatic rings. The molecule has 0 aliphatic carbocycles. The average molecular weight is 157 g/mol. The third-order valence-electron chi connectivity index (χ3n) is 1.00. The van der Waals surface area contributed by atoms with Gasteiger partial charge in [-0.1, -0.05) is 37.8 Å². The molecule has 1 rings (SSSR count). The maximum atomic E-state index is 10.4. The summed E-state index contributed by atoms with van der Waals surface area (Å²) in [5.41, 5.74) is 0.541. The molecule has 0 radical (unpaired) electrons. The zero-order valence-electron chi connectivity index (χ0n) is 4.67. The molecule has 0 saturated heterocycles. The summed E-state index contributed by atoms with van der Waals surface area (Å²) >= 11 is 5.16. The number of carbonyl (C=O) groups is 1. The number of benzene rings is 1. The van der Waals surface area contributed by atoms with E-state index in [0.29, 0.717) is 5.56 Å². The van der Waals surface area contributed by atoms with E-state index < -0.39 is 5.24 Å². The number of rotatable bonds is 1. The lowest BCUT2D eigenvalue weighted by Gasteiger charge is -1.87. The Kier molecular flexibility index (Phi) is 3.74. The van der Waals surface area contributed by atoms with Gasteiger partial charge in [-0.05, 0) is 11.6 Å². The van der Waals surface area contributed by atoms with Gasteiger partial charge in [-0.2, -0.15) is 0 Å². The largest absolute Gasteiger partial charge is 0.276 e. The Bertz CT molecular complexity index is 206. The van der Waals surface area contributed by atoms with E-state index in [1.165, 1.54) is 0 Å². The zero-order chi connectivity index (χ0) is 6.69. The first-order valence-corrected chi connectivity index (χ1v) is 2.93. The first-order valence-electron chi connectivity index (χ1n) is 2.55. The molecule has 54 valence electrons. The average Bonchev–Trinajstić information content (AvgIpc) is 1.90. The highest BCUT2D eigenvalue weighted by Crippen LogP contribution is 2.01. The van der Waals surface area contributed by atoms with E-state index in [4.69, 9.17) is 11.6 Å². The van der Waals surface area contributed by atoms with Gasteiger partial charge in [0.1, 0.15) is 0 Å². The van der Waals surface area contributed by atoms with Gasteiger partial charge in [0, 0.05) is 5.56 Å². The summed E-state index contributed by atoms with van der Waals surface area (Å²) in [5, 5.41) is -0.407. The SMILES string of the molecule is C.O=C(Cl)c1ccccc1. The first-order chi connectivity index (χ1) is 4.30. The zero-order valence-corrected chi connectivity index (χ0v) is 5.43. The van der Waals surface area contributed by atoms with Gasteiger partial charge in [0.15, 0.2) is 0 Å². The second-order valence-electron chi connectivity index (χ2n) is 1.64. The summed E-state index contributed by atoms with van der Waals surface area (Å²) in [6.07, 6.45) is 0. The molecule has 1 aromatic carbocycles. The molecule has 10 heavy (non-hydrogen) atoms. The van der Waals surface area contributed by atoms with Gasteiger partial charge in [-0.25, -0.2) is 0 Å². The maximum absolute atomic E-state index is 10.4. The summed E-state index contributed by atoms with van der Waals surface area (Å²) in [4.78, 5) is 10.4. The van der Waals surface area contributed by atoms with Crippen molar-refractivity contribution in [2.45, 2.75) is 7.43 Å². The number of carbonyl (C=O) groups excluding carboxylic acids is 1. The van der Waals surface area contributed by atoms with Crippen molar-refractivity contribution in [3.05, 3.63) is 35.9 Å². The molecule has 0 unspecified atom stereocenters. The first kappa shape index (κ1) is 9.18. The molecule has 0 spiro atoms. The van der Waals surface area contributed by atoms with Crippen LogP contribution >= 0.6 is 11.6 Å². The minimum atomic E-state index is -0.407. The monoisotopic (exact) mass is 156 g/mol. The van der Waals surface area contributed by atoms with Gasteiger partial charge >= 0.3 is 0 Å². The second kappa shape index (κ2) is 4.07. The van der Waals surface area contributed by atoms with Gasteiger partial charge in [0.25, 0.3) is 5.24 Å². The minimum absolute atomic E-state index is 0. The smallest absolute Gasteiger partial charge is 0.252 e. The van der Waals surface area contributed by atoms with Crippen molar-refractivity contribution >= 4 is 16.8 Å². The standard InChI is InChI=1S/C7H5ClO.CH4/c8-7(9)6-4-2-1-3-5-6;/h1-5H;1H4. The van der Waals surface area contributed by atoms with E-state index in [1.54, 1.807) is 24.3 Å². The van der Waals surface area contributed by atoms with Crippen molar-refractivity contribution in [1.29, 1.82) is 0 Å². The molecule has 1 aromatic rings. The lowest BCUT2D eigenvalue weighted by molar-refractivity contribution is 0.108. The third kappa shape index (κ3) is 2.19. The van der Waals surface area contributed by atoms with Gasteiger partial charge in [-0.3, -0.25) is 4.79 Å². The fourth-order valence-electron chi connectivity index (χ4n) is 0.569. The van der Waals surface area contributed by atoms with Crippen LogP contribution in [0.1, 0.15) is 17.8 Å². The Morgan fingerprint density at radius 2 is 1.70 bits per heavy atom. The van der Waals surface area contributed by atoms with Crippen LogP contribution in [-0.2, 0) is 0 Å². The maximum Gasteiger partial charge on any atom is 0.252 e. The molecule has 0 saturated carbocycles. The summed E-state index contributed by atoms with van der Waals surface area (Å²) in [7, 11) is 0. The van der Waals surface area contributed by atoms with Gasteiger partial charge in [0.05, 0.1) is 0 Å². The molecular formula is C8H9ClO. The molecule has 0 aliphatic heterocycles. The second-order valence-corrected chi connectivity index (χ2v) is 1.98. The highest BCUT2D eigenvalue weighted by atomic mass is 35.5. The Morgan fingerprint density at radius 3 is 2.00 bits per heavy atom. The van der Waals surface area contributed by atoms with Gasteiger partial charge < -0.3 is 0 Å². The Hall–Kier alpha value is -0.820. The minimum Gasteiger partial charge on any atom is -0.276 e. The molecule has 2 heteroatoms. The lowest BCUT2D eigenvalue weighted by atomic mass is 10.2. The number of hydrogen-bond acceptors (Lipinski definition) is 1. The number of halogens is 1. The topological polar surface area (TPSA) is 17.1 Å². The Balaban J connectivity index is 0.000000810. The van der Waals surface area contributed by atoms with E-state index >= 15 is 0 Å². The van der Waals surface area contributed by atoms with Gasteiger partial charge in [-0.15, -0.1) is 0 Å². The van der Waals surface area contributed by atoms with Crippen LogP contribution in [0.2, 0.25) is 0 Å². The number of hydrogen-bond donors (Lipinski definition) is 0. The Morgan fingerprint density at radius 1 is 1.20 bits per heavy atom. The van der Waals surface area contributed by atoms with Crippen LogP contribution in [0, 0.1) is 0 Å². The predicted molar refractivity (Wildman–Crippen MR) is 43.4 cm³/mol. The molecule has 0 bridgehead atoms. The molecule has 0 fully saturated rings. The molecule has 0 aromatic heterocycles. The van der Waals surface area contributed by atoms with Crippen molar-refractivity contribution in [3.8, 4) is 0 Å². The van der Waals surface area contributed by atoms with Gasteiger partial charge in [0.2, 0.25) is 0 Å². The molecule has 0 amide bonds. The highest BCUT2D eigenvalue weighted by Gasteiger charge is 1.95. The van der Waals surface area contributed by atoms with Crippen molar-refractivity contribution in [3.63, 3.8) is 0 Å².